The van der Waals surface area contributed by atoms with Crippen molar-refractivity contribution in [3.05, 3.63) is 0 Å². The van der Waals surface area contributed by atoms with Crippen molar-refractivity contribution in [2.75, 3.05) is 13.2 Å². The van der Waals surface area contributed by atoms with Crippen LogP contribution in [0.2, 0.25) is 0 Å². The van der Waals surface area contributed by atoms with Crippen molar-refractivity contribution in [1.29, 1.82) is 0 Å². The lowest BCUT2D eigenvalue weighted by atomic mass is 10.2. The molecular formula is C7H16N2O. The lowest BCUT2D eigenvalue weighted by Gasteiger charge is -2.12. The maximum atomic E-state index is 5.50. The predicted octanol–water partition coefficient (Wildman–Crippen LogP) is 0.0597. The van der Waals surface area contributed by atoms with Gasteiger partial charge in [0.25, 0.3) is 0 Å². The molecule has 10 heavy (non-hydrogen) atoms. The maximum Gasteiger partial charge on any atom is 0.0700 e. The van der Waals surface area contributed by atoms with Gasteiger partial charge in [0.2, 0.25) is 0 Å². The molecule has 0 aliphatic carbocycles. The van der Waals surface area contributed by atoms with E-state index in [1.807, 2.05) is 6.92 Å². The number of nitrogens with two attached hydrogens (primary N) is 1. The fraction of sp³-hybridized carbons (Fsp3) is 1.00. The Hall–Kier alpha value is -0.120. The molecule has 1 aliphatic heterocycles. The smallest absolute Gasteiger partial charge is 0.0700 e. The minimum absolute atomic E-state index is 0.0872. The number of nitrogens with one attached hydrogen (secondary N) is 1. The zero-order chi connectivity index (χ0) is 7.40. The topological polar surface area (TPSA) is 47.3 Å². The van der Waals surface area contributed by atoms with Crippen molar-refractivity contribution in [3.8, 4) is 0 Å². The Bertz CT molecular complexity index is 89.6. The second-order valence-electron chi connectivity index (χ2n) is 2.83. The highest BCUT2D eigenvalue weighted by Crippen LogP contribution is 2.10. The van der Waals surface area contributed by atoms with Gasteiger partial charge in [-0.1, -0.05) is 0 Å². The second kappa shape index (κ2) is 3.91. The van der Waals surface area contributed by atoms with Crippen molar-refractivity contribution in [2.45, 2.75) is 32.0 Å². The van der Waals surface area contributed by atoms with E-state index in [0.717, 1.165) is 13.2 Å². The zero-order valence-electron chi connectivity index (χ0n) is 6.47. The van der Waals surface area contributed by atoms with Gasteiger partial charge in [0.05, 0.1) is 12.3 Å². The number of rotatable bonds is 3. The lowest BCUT2D eigenvalue weighted by Crippen LogP contribution is -2.39. The van der Waals surface area contributed by atoms with Crippen LogP contribution in [-0.4, -0.2) is 25.4 Å². The summed E-state index contributed by atoms with van der Waals surface area (Å²) in [5, 5.41) is 3.14. The van der Waals surface area contributed by atoms with Crippen LogP contribution >= 0.6 is 0 Å². The van der Waals surface area contributed by atoms with Crippen molar-refractivity contribution < 1.29 is 4.74 Å². The Morgan fingerprint density at radius 2 is 2.60 bits per heavy atom. The molecule has 0 aromatic rings. The van der Waals surface area contributed by atoms with Crippen LogP contribution in [0.3, 0.4) is 0 Å². The lowest BCUT2D eigenvalue weighted by molar-refractivity contribution is 0.108. The van der Waals surface area contributed by atoms with Crippen LogP contribution in [0.25, 0.3) is 0 Å². The predicted molar refractivity (Wildman–Crippen MR) is 40.6 cm³/mol. The first-order valence-electron chi connectivity index (χ1n) is 3.89. The normalized spacial score (nSPS) is 28.8. The third-order valence-electron chi connectivity index (χ3n) is 1.69. The number of hydrogen-bond donors (Lipinski definition) is 2. The Morgan fingerprint density at radius 3 is 3.10 bits per heavy atom. The third-order valence-corrected chi connectivity index (χ3v) is 1.69. The standard InChI is InChI=1S/C7H16N2O/c1-6(8)9-5-7-3-2-4-10-7/h6-7,9H,2-5,8H2,1H3. The molecule has 0 amide bonds. The highest BCUT2D eigenvalue weighted by Gasteiger charge is 2.14. The van der Waals surface area contributed by atoms with E-state index in [0.29, 0.717) is 6.10 Å². The molecule has 0 aromatic heterocycles. The summed E-state index contributed by atoms with van der Waals surface area (Å²) in [6.07, 6.45) is 2.88. The highest BCUT2D eigenvalue weighted by molar-refractivity contribution is 4.67. The van der Waals surface area contributed by atoms with Crippen LogP contribution in [0, 0.1) is 0 Å². The quantitative estimate of drug-likeness (QED) is 0.551. The molecule has 2 unspecified atom stereocenters. The minimum Gasteiger partial charge on any atom is -0.377 e. The zero-order valence-corrected chi connectivity index (χ0v) is 6.47. The molecular weight excluding hydrogens is 128 g/mol. The van der Waals surface area contributed by atoms with Gasteiger partial charge in [0, 0.05) is 13.2 Å². The molecule has 3 N–H and O–H groups in total. The summed E-state index contributed by atoms with van der Waals surface area (Å²) in [5.74, 6) is 0. The van der Waals surface area contributed by atoms with Gasteiger partial charge in [-0.15, -0.1) is 0 Å². The first kappa shape index (κ1) is 7.98. The second-order valence-corrected chi connectivity index (χ2v) is 2.83. The number of ether oxygens (including phenoxy) is 1. The van der Waals surface area contributed by atoms with Gasteiger partial charge in [0.1, 0.15) is 0 Å². The van der Waals surface area contributed by atoms with E-state index in [1.165, 1.54) is 12.8 Å². The van der Waals surface area contributed by atoms with E-state index in [9.17, 15) is 0 Å². The largest absolute Gasteiger partial charge is 0.377 e. The van der Waals surface area contributed by atoms with Gasteiger partial charge in [0.15, 0.2) is 0 Å². The van der Waals surface area contributed by atoms with Gasteiger partial charge in [-0.05, 0) is 19.8 Å². The van der Waals surface area contributed by atoms with E-state index in [4.69, 9.17) is 10.5 Å². The molecule has 0 saturated carbocycles. The van der Waals surface area contributed by atoms with E-state index < -0.39 is 0 Å². The summed E-state index contributed by atoms with van der Waals surface area (Å²) in [4.78, 5) is 0. The molecule has 3 nitrogen and oxygen atoms in total. The molecule has 1 rings (SSSR count). The van der Waals surface area contributed by atoms with Crippen molar-refractivity contribution in [1.82, 2.24) is 5.32 Å². The molecule has 0 bridgehead atoms. The average Bonchev–Trinajstić information content (AvgIpc) is 2.34. The molecule has 0 radical (unpaired) electrons. The summed E-state index contributed by atoms with van der Waals surface area (Å²) in [5.41, 5.74) is 5.50. The van der Waals surface area contributed by atoms with Crippen LogP contribution in [0.1, 0.15) is 19.8 Å². The van der Waals surface area contributed by atoms with Crippen LogP contribution in [0.15, 0.2) is 0 Å². The molecule has 0 spiro atoms. The molecule has 2 atom stereocenters. The van der Waals surface area contributed by atoms with Gasteiger partial charge >= 0.3 is 0 Å². The summed E-state index contributed by atoms with van der Waals surface area (Å²) in [6.45, 7) is 3.76. The Balaban J connectivity index is 2.01. The molecule has 1 fully saturated rings. The molecule has 1 aliphatic rings. The van der Waals surface area contributed by atoms with E-state index in [-0.39, 0.29) is 6.17 Å². The molecule has 1 heterocycles. The minimum atomic E-state index is 0.0872. The molecule has 3 heteroatoms. The van der Waals surface area contributed by atoms with Gasteiger partial charge in [-0.25, -0.2) is 0 Å². The summed E-state index contributed by atoms with van der Waals surface area (Å²) >= 11 is 0. The molecule has 60 valence electrons. The summed E-state index contributed by atoms with van der Waals surface area (Å²) < 4.78 is 5.39. The summed E-state index contributed by atoms with van der Waals surface area (Å²) in [6, 6.07) is 0. The average molecular weight is 144 g/mol. The first-order chi connectivity index (χ1) is 4.79. The summed E-state index contributed by atoms with van der Waals surface area (Å²) in [7, 11) is 0. The first-order valence-corrected chi connectivity index (χ1v) is 3.89. The highest BCUT2D eigenvalue weighted by atomic mass is 16.5. The maximum absolute atomic E-state index is 5.50. The van der Waals surface area contributed by atoms with E-state index in [1.54, 1.807) is 0 Å². The fourth-order valence-electron chi connectivity index (χ4n) is 1.12. The third kappa shape index (κ3) is 2.64. The van der Waals surface area contributed by atoms with Crippen molar-refractivity contribution >= 4 is 0 Å². The Labute approximate surface area is 61.9 Å². The monoisotopic (exact) mass is 144 g/mol. The molecule has 0 aromatic carbocycles. The number of hydrogen-bond acceptors (Lipinski definition) is 3. The van der Waals surface area contributed by atoms with Crippen LogP contribution in [-0.2, 0) is 4.74 Å². The molecule has 1 saturated heterocycles. The van der Waals surface area contributed by atoms with Gasteiger partial charge in [-0.3, -0.25) is 5.32 Å². The Kier molecular flexibility index (Phi) is 3.12. The van der Waals surface area contributed by atoms with Crippen LogP contribution in [0.4, 0.5) is 0 Å². The van der Waals surface area contributed by atoms with Crippen LogP contribution in [0.5, 0.6) is 0 Å². The Morgan fingerprint density at radius 1 is 1.80 bits per heavy atom. The SMILES string of the molecule is CC(N)NCC1CCCO1. The van der Waals surface area contributed by atoms with Gasteiger partial charge in [-0.2, -0.15) is 0 Å². The van der Waals surface area contributed by atoms with Crippen LogP contribution < -0.4 is 11.1 Å². The van der Waals surface area contributed by atoms with E-state index >= 15 is 0 Å². The van der Waals surface area contributed by atoms with Gasteiger partial charge < -0.3 is 10.5 Å². The van der Waals surface area contributed by atoms with Crippen molar-refractivity contribution in [2.24, 2.45) is 5.73 Å². The fourth-order valence-corrected chi connectivity index (χ4v) is 1.12. The van der Waals surface area contributed by atoms with Crippen molar-refractivity contribution in [3.63, 3.8) is 0 Å². The van der Waals surface area contributed by atoms with E-state index in [2.05, 4.69) is 5.32 Å².